The summed E-state index contributed by atoms with van der Waals surface area (Å²) in [7, 11) is 3.12. The van der Waals surface area contributed by atoms with Gasteiger partial charge in [-0.25, -0.2) is 0 Å². The van der Waals surface area contributed by atoms with Crippen LogP contribution in [0.1, 0.15) is 27.1 Å². The highest BCUT2D eigenvalue weighted by Crippen LogP contribution is 2.21. The van der Waals surface area contributed by atoms with E-state index in [-0.39, 0.29) is 11.8 Å². The zero-order chi connectivity index (χ0) is 18.1. The predicted molar refractivity (Wildman–Crippen MR) is 96.2 cm³/mol. The van der Waals surface area contributed by atoms with Crippen LogP contribution in [0.3, 0.4) is 0 Å². The maximum atomic E-state index is 12.5. The topological polar surface area (TPSA) is 76.7 Å². The van der Waals surface area contributed by atoms with E-state index in [2.05, 4.69) is 10.6 Å². The van der Waals surface area contributed by atoms with E-state index in [9.17, 15) is 9.59 Å². The molecule has 25 heavy (non-hydrogen) atoms. The van der Waals surface area contributed by atoms with E-state index in [1.165, 1.54) is 7.11 Å². The van der Waals surface area contributed by atoms with Gasteiger partial charge in [-0.05, 0) is 30.7 Å². The number of para-hydroxylation sites is 2. The van der Waals surface area contributed by atoms with Gasteiger partial charge in [0.25, 0.3) is 11.8 Å². The molecule has 0 atom stereocenters. The van der Waals surface area contributed by atoms with E-state index in [1.54, 1.807) is 55.6 Å². The number of carbonyl (C=O) groups excluding carboxylic acids is 2. The Morgan fingerprint density at radius 2 is 1.60 bits per heavy atom. The van der Waals surface area contributed by atoms with Crippen LogP contribution >= 0.6 is 0 Å². The molecule has 2 amide bonds. The molecule has 132 valence electrons. The van der Waals surface area contributed by atoms with Crippen molar-refractivity contribution in [1.82, 2.24) is 5.32 Å². The van der Waals surface area contributed by atoms with E-state index in [0.717, 1.165) is 6.42 Å². The molecule has 0 spiro atoms. The molecule has 0 unspecified atom stereocenters. The van der Waals surface area contributed by atoms with E-state index in [0.29, 0.717) is 35.7 Å². The first kappa shape index (κ1) is 18.5. The second-order valence-electron chi connectivity index (χ2n) is 5.30. The Kier molecular flexibility index (Phi) is 6.98. The van der Waals surface area contributed by atoms with Crippen LogP contribution in [0, 0.1) is 0 Å². The van der Waals surface area contributed by atoms with Crippen LogP contribution < -0.4 is 15.4 Å². The molecule has 0 aromatic heterocycles. The molecular weight excluding hydrogens is 320 g/mol. The van der Waals surface area contributed by atoms with Crippen LogP contribution in [-0.4, -0.2) is 39.2 Å². The van der Waals surface area contributed by atoms with E-state index in [1.807, 2.05) is 0 Å². The number of benzene rings is 2. The van der Waals surface area contributed by atoms with Gasteiger partial charge in [0.1, 0.15) is 5.75 Å². The summed E-state index contributed by atoms with van der Waals surface area (Å²) in [6, 6.07) is 13.8. The van der Waals surface area contributed by atoms with Crippen LogP contribution in [0.25, 0.3) is 0 Å². The summed E-state index contributed by atoms with van der Waals surface area (Å²) >= 11 is 0. The molecule has 0 saturated heterocycles. The minimum absolute atomic E-state index is 0.243. The van der Waals surface area contributed by atoms with Crippen LogP contribution in [0.2, 0.25) is 0 Å². The van der Waals surface area contributed by atoms with Crippen molar-refractivity contribution in [1.29, 1.82) is 0 Å². The number of amides is 2. The maximum absolute atomic E-state index is 12.5. The van der Waals surface area contributed by atoms with Crippen LogP contribution in [-0.2, 0) is 4.74 Å². The standard InChI is InChI=1S/C19H22N2O4/c1-24-13-7-12-20-18(22)14-8-3-5-10-16(14)21-19(23)15-9-4-6-11-17(15)25-2/h3-6,8-11H,7,12-13H2,1-2H3,(H,20,22)(H,21,23). The molecule has 0 fully saturated rings. The highest BCUT2D eigenvalue weighted by molar-refractivity contribution is 6.10. The SMILES string of the molecule is COCCCNC(=O)c1ccccc1NC(=O)c1ccccc1OC. The number of hydrogen-bond acceptors (Lipinski definition) is 4. The fraction of sp³-hybridized carbons (Fsp3) is 0.263. The summed E-state index contributed by atoms with van der Waals surface area (Å²) in [5, 5.41) is 5.59. The van der Waals surface area contributed by atoms with Crippen molar-refractivity contribution in [2.45, 2.75) is 6.42 Å². The first-order valence-electron chi connectivity index (χ1n) is 7.98. The molecule has 0 aliphatic carbocycles. The molecule has 0 heterocycles. The molecule has 2 aromatic carbocycles. The third kappa shape index (κ3) is 5.06. The molecule has 0 radical (unpaired) electrons. The minimum atomic E-state index is -0.336. The van der Waals surface area contributed by atoms with Gasteiger partial charge in [-0.2, -0.15) is 0 Å². The third-order valence-corrected chi connectivity index (χ3v) is 3.58. The van der Waals surface area contributed by atoms with E-state index < -0.39 is 0 Å². The van der Waals surface area contributed by atoms with Crippen molar-refractivity contribution in [3.8, 4) is 5.75 Å². The summed E-state index contributed by atoms with van der Waals surface area (Å²) < 4.78 is 10.2. The molecule has 0 saturated carbocycles. The largest absolute Gasteiger partial charge is 0.496 e. The number of anilines is 1. The third-order valence-electron chi connectivity index (χ3n) is 3.58. The number of carbonyl (C=O) groups is 2. The van der Waals surface area contributed by atoms with Gasteiger partial charge in [0, 0.05) is 20.3 Å². The Bertz CT molecular complexity index is 731. The molecule has 2 rings (SSSR count). The van der Waals surface area contributed by atoms with Crippen LogP contribution in [0.4, 0.5) is 5.69 Å². The van der Waals surface area contributed by atoms with Crippen LogP contribution in [0.5, 0.6) is 5.75 Å². The molecule has 0 aliphatic rings. The van der Waals surface area contributed by atoms with E-state index in [4.69, 9.17) is 9.47 Å². The average Bonchev–Trinajstić information content (AvgIpc) is 2.65. The Balaban J connectivity index is 2.12. The summed E-state index contributed by atoms with van der Waals surface area (Å²) in [6.07, 6.45) is 0.720. The molecule has 6 heteroatoms. The number of rotatable bonds is 8. The number of methoxy groups -OCH3 is 2. The lowest BCUT2D eigenvalue weighted by Crippen LogP contribution is -2.26. The number of ether oxygens (including phenoxy) is 2. The monoisotopic (exact) mass is 342 g/mol. The van der Waals surface area contributed by atoms with E-state index >= 15 is 0 Å². The Labute approximate surface area is 147 Å². The van der Waals surface area contributed by atoms with Gasteiger partial charge >= 0.3 is 0 Å². The van der Waals surface area contributed by atoms with Gasteiger partial charge < -0.3 is 20.1 Å². The summed E-state index contributed by atoms with van der Waals surface area (Å²) in [6.45, 7) is 1.08. The van der Waals surface area contributed by atoms with Gasteiger partial charge in [-0.1, -0.05) is 24.3 Å². The fourth-order valence-electron chi connectivity index (χ4n) is 2.33. The lowest BCUT2D eigenvalue weighted by Gasteiger charge is -2.13. The first-order chi connectivity index (χ1) is 12.2. The minimum Gasteiger partial charge on any atom is -0.496 e. The van der Waals surface area contributed by atoms with Crippen molar-refractivity contribution in [3.63, 3.8) is 0 Å². The summed E-state index contributed by atoms with van der Waals surface area (Å²) in [5.74, 6) is -0.106. The molecule has 6 nitrogen and oxygen atoms in total. The second-order valence-corrected chi connectivity index (χ2v) is 5.30. The highest BCUT2D eigenvalue weighted by Gasteiger charge is 2.16. The summed E-state index contributed by atoms with van der Waals surface area (Å²) in [5.41, 5.74) is 1.26. The van der Waals surface area contributed by atoms with Gasteiger partial charge in [0.15, 0.2) is 0 Å². The smallest absolute Gasteiger partial charge is 0.259 e. The first-order valence-corrected chi connectivity index (χ1v) is 7.98. The van der Waals surface area contributed by atoms with Crippen molar-refractivity contribution in [2.75, 3.05) is 32.7 Å². The van der Waals surface area contributed by atoms with Crippen molar-refractivity contribution < 1.29 is 19.1 Å². The zero-order valence-corrected chi connectivity index (χ0v) is 14.4. The maximum Gasteiger partial charge on any atom is 0.259 e. The fourth-order valence-corrected chi connectivity index (χ4v) is 2.33. The number of hydrogen-bond donors (Lipinski definition) is 2. The molecule has 2 N–H and O–H groups in total. The Morgan fingerprint density at radius 3 is 2.32 bits per heavy atom. The highest BCUT2D eigenvalue weighted by atomic mass is 16.5. The predicted octanol–water partition coefficient (Wildman–Crippen LogP) is 2.71. The zero-order valence-electron chi connectivity index (χ0n) is 14.4. The Morgan fingerprint density at radius 1 is 0.920 bits per heavy atom. The molecule has 0 bridgehead atoms. The molecule has 0 aliphatic heterocycles. The summed E-state index contributed by atoms with van der Waals surface area (Å²) in [4.78, 5) is 24.9. The van der Waals surface area contributed by atoms with Gasteiger partial charge in [0.2, 0.25) is 0 Å². The van der Waals surface area contributed by atoms with Crippen molar-refractivity contribution >= 4 is 17.5 Å². The molecular formula is C19H22N2O4. The van der Waals surface area contributed by atoms with Gasteiger partial charge in [-0.15, -0.1) is 0 Å². The lowest BCUT2D eigenvalue weighted by atomic mass is 10.1. The normalized spacial score (nSPS) is 10.2. The molecule has 2 aromatic rings. The van der Waals surface area contributed by atoms with Gasteiger partial charge in [0.05, 0.1) is 23.9 Å². The van der Waals surface area contributed by atoms with Crippen molar-refractivity contribution in [3.05, 3.63) is 59.7 Å². The average molecular weight is 342 g/mol. The quantitative estimate of drug-likeness (QED) is 0.723. The Hall–Kier alpha value is -2.86. The van der Waals surface area contributed by atoms with Crippen LogP contribution in [0.15, 0.2) is 48.5 Å². The number of nitrogens with one attached hydrogen (secondary N) is 2. The van der Waals surface area contributed by atoms with Gasteiger partial charge in [-0.3, -0.25) is 9.59 Å². The second kappa shape index (κ2) is 9.44. The van der Waals surface area contributed by atoms with Crippen molar-refractivity contribution in [2.24, 2.45) is 0 Å². The lowest BCUT2D eigenvalue weighted by molar-refractivity contribution is 0.0949.